The van der Waals surface area contributed by atoms with Gasteiger partial charge in [-0.3, -0.25) is 4.79 Å². The summed E-state index contributed by atoms with van der Waals surface area (Å²) in [6.45, 7) is 7.25. The van der Waals surface area contributed by atoms with Gasteiger partial charge in [0.2, 0.25) is 0 Å². The van der Waals surface area contributed by atoms with Gasteiger partial charge in [-0.2, -0.15) is 0 Å². The second kappa shape index (κ2) is 7.68. The van der Waals surface area contributed by atoms with E-state index < -0.39 is 0 Å². The first kappa shape index (κ1) is 19.7. The number of benzene rings is 3. The molecule has 0 aliphatic carbocycles. The van der Waals surface area contributed by atoms with Crippen LogP contribution in [0.5, 0.6) is 0 Å². The largest absolute Gasteiger partial charge is 0.327 e. The maximum atomic E-state index is 13.5. The fourth-order valence-corrected chi connectivity index (χ4v) is 4.19. The molecule has 0 saturated heterocycles. The first-order chi connectivity index (χ1) is 13.8. The summed E-state index contributed by atoms with van der Waals surface area (Å²) in [6, 6.07) is 24.2. The summed E-state index contributed by atoms with van der Waals surface area (Å²) >= 11 is 6.12. The van der Waals surface area contributed by atoms with Crippen molar-refractivity contribution in [3.8, 4) is 0 Å². The lowest BCUT2D eigenvalue weighted by Crippen LogP contribution is -2.40. The zero-order chi connectivity index (χ0) is 20.6. The first-order valence-electron chi connectivity index (χ1n) is 10.1. The molecule has 29 heavy (non-hydrogen) atoms. The van der Waals surface area contributed by atoms with E-state index in [2.05, 4.69) is 51.1 Å². The van der Waals surface area contributed by atoms with Crippen molar-refractivity contribution in [2.45, 2.75) is 38.6 Å². The van der Waals surface area contributed by atoms with Gasteiger partial charge >= 0.3 is 0 Å². The molecule has 0 spiro atoms. The van der Waals surface area contributed by atoms with E-state index in [4.69, 9.17) is 11.6 Å². The van der Waals surface area contributed by atoms with E-state index in [1.54, 1.807) is 0 Å². The molecule has 1 aliphatic heterocycles. The van der Waals surface area contributed by atoms with Crippen molar-refractivity contribution in [1.82, 2.24) is 4.90 Å². The molecule has 3 aromatic rings. The molecule has 1 heterocycles. The smallest absolute Gasteiger partial charge is 0.254 e. The molecule has 4 rings (SSSR count). The molecule has 0 saturated carbocycles. The van der Waals surface area contributed by atoms with Gasteiger partial charge < -0.3 is 4.90 Å². The second-order valence-electron chi connectivity index (χ2n) is 8.73. The van der Waals surface area contributed by atoms with E-state index in [0.717, 1.165) is 17.5 Å². The summed E-state index contributed by atoms with van der Waals surface area (Å²) in [4.78, 5) is 15.5. The van der Waals surface area contributed by atoms with Gasteiger partial charge in [-0.15, -0.1) is 0 Å². The molecule has 2 nitrogen and oxygen atoms in total. The predicted octanol–water partition coefficient (Wildman–Crippen LogP) is 6.43. The Labute approximate surface area is 178 Å². The highest BCUT2D eigenvalue weighted by atomic mass is 35.5. The van der Waals surface area contributed by atoms with Gasteiger partial charge in [-0.25, -0.2) is 0 Å². The highest BCUT2D eigenvalue weighted by molar-refractivity contribution is 6.30. The van der Waals surface area contributed by atoms with E-state index >= 15 is 0 Å². The Balaban J connectivity index is 1.73. The quantitative estimate of drug-likeness (QED) is 0.483. The van der Waals surface area contributed by atoms with Gasteiger partial charge in [0.25, 0.3) is 5.91 Å². The van der Waals surface area contributed by atoms with Crippen LogP contribution in [0.15, 0.2) is 72.8 Å². The lowest BCUT2D eigenvalue weighted by atomic mass is 9.86. The van der Waals surface area contributed by atoms with E-state index in [0.29, 0.717) is 11.6 Å². The minimum absolute atomic E-state index is 0.0669. The Hall–Kier alpha value is -2.58. The molecule has 148 valence electrons. The molecule has 0 aromatic heterocycles. The van der Waals surface area contributed by atoms with Crippen molar-refractivity contribution in [3.05, 3.63) is 106 Å². The zero-order valence-electron chi connectivity index (χ0n) is 17.2. The Kier molecular flexibility index (Phi) is 5.23. The van der Waals surface area contributed by atoms with Crippen LogP contribution in [0.2, 0.25) is 5.02 Å². The van der Waals surface area contributed by atoms with E-state index in [-0.39, 0.29) is 17.4 Å². The molecule has 3 aromatic carbocycles. The molecule has 1 atom stereocenters. The Morgan fingerprint density at radius 2 is 1.59 bits per heavy atom. The monoisotopic (exact) mass is 403 g/mol. The highest BCUT2D eigenvalue weighted by Crippen LogP contribution is 2.36. The van der Waals surface area contributed by atoms with Gasteiger partial charge in [0.1, 0.15) is 0 Å². The summed E-state index contributed by atoms with van der Waals surface area (Å²) in [7, 11) is 0. The van der Waals surface area contributed by atoms with Crippen LogP contribution < -0.4 is 0 Å². The van der Waals surface area contributed by atoms with Crippen LogP contribution in [0, 0.1) is 0 Å². The summed E-state index contributed by atoms with van der Waals surface area (Å²) in [5.41, 5.74) is 5.61. The molecule has 1 unspecified atom stereocenters. The van der Waals surface area contributed by atoms with Gasteiger partial charge in [0.15, 0.2) is 0 Å². The zero-order valence-corrected chi connectivity index (χ0v) is 17.9. The molecule has 0 bridgehead atoms. The summed E-state index contributed by atoms with van der Waals surface area (Å²) < 4.78 is 0. The van der Waals surface area contributed by atoms with Crippen molar-refractivity contribution in [1.29, 1.82) is 0 Å². The minimum atomic E-state index is -0.105. The highest BCUT2D eigenvalue weighted by Gasteiger charge is 2.32. The van der Waals surface area contributed by atoms with E-state index in [9.17, 15) is 4.79 Å². The Bertz CT molecular complexity index is 1020. The second-order valence-corrected chi connectivity index (χ2v) is 9.17. The van der Waals surface area contributed by atoms with Crippen molar-refractivity contribution in [2.24, 2.45) is 0 Å². The van der Waals surface area contributed by atoms with Crippen LogP contribution >= 0.6 is 11.6 Å². The standard InChI is InChI=1S/C26H26ClNO/c1-26(2,3)21-12-8-20(9-13-21)25(29)28-17-16-18-6-4-5-7-23(18)24(28)19-10-14-22(27)15-11-19/h4-15,24H,16-17H2,1-3H3. The number of halogens is 1. The minimum Gasteiger partial charge on any atom is -0.327 e. The third-order valence-corrected chi connectivity index (χ3v) is 5.98. The molecular weight excluding hydrogens is 378 g/mol. The van der Waals surface area contributed by atoms with Gasteiger partial charge in [0, 0.05) is 17.1 Å². The van der Waals surface area contributed by atoms with Crippen LogP contribution in [-0.2, 0) is 11.8 Å². The number of amides is 1. The number of nitrogens with zero attached hydrogens (tertiary/aromatic N) is 1. The fraction of sp³-hybridized carbons (Fsp3) is 0.269. The number of carbonyl (C=O) groups excluding carboxylic acids is 1. The number of carbonyl (C=O) groups is 1. The number of hydrogen-bond acceptors (Lipinski definition) is 1. The third-order valence-electron chi connectivity index (χ3n) is 5.73. The average Bonchev–Trinajstić information content (AvgIpc) is 2.72. The first-order valence-corrected chi connectivity index (χ1v) is 10.5. The van der Waals surface area contributed by atoms with Gasteiger partial charge in [-0.1, -0.05) is 80.9 Å². The maximum absolute atomic E-state index is 13.5. The fourth-order valence-electron chi connectivity index (χ4n) is 4.07. The lowest BCUT2D eigenvalue weighted by molar-refractivity contribution is 0.0694. The van der Waals surface area contributed by atoms with Crippen LogP contribution in [0.3, 0.4) is 0 Å². The summed E-state index contributed by atoms with van der Waals surface area (Å²) in [5.74, 6) is 0.0694. The maximum Gasteiger partial charge on any atom is 0.254 e. The third kappa shape index (κ3) is 3.95. The number of hydrogen-bond donors (Lipinski definition) is 0. The molecule has 0 radical (unpaired) electrons. The molecule has 0 N–H and O–H groups in total. The topological polar surface area (TPSA) is 20.3 Å². The summed E-state index contributed by atoms with van der Waals surface area (Å²) in [5, 5.41) is 0.702. The Morgan fingerprint density at radius 3 is 2.24 bits per heavy atom. The van der Waals surface area contributed by atoms with Gasteiger partial charge in [-0.05, 0) is 58.4 Å². The molecule has 3 heteroatoms. The Morgan fingerprint density at radius 1 is 0.931 bits per heavy atom. The van der Waals surface area contributed by atoms with Crippen LogP contribution in [0.4, 0.5) is 0 Å². The van der Waals surface area contributed by atoms with Crippen molar-refractivity contribution in [3.63, 3.8) is 0 Å². The number of rotatable bonds is 2. The van der Waals surface area contributed by atoms with Crippen LogP contribution in [-0.4, -0.2) is 17.4 Å². The molecular formula is C26H26ClNO. The molecule has 1 amide bonds. The molecule has 1 aliphatic rings. The van der Waals surface area contributed by atoms with E-state index in [1.165, 1.54) is 16.7 Å². The average molecular weight is 404 g/mol. The summed E-state index contributed by atoms with van der Waals surface area (Å²) in [6.07, 6.45) is 0.867. The number of fused-ring (bicyclic) bond motifs is 1. The SMILES string of the molecule is CC(C)(C)c1ccc(C(=O)N2CCc3ccccc3C2c2ccc(Cl)cc2)cc1. The van der Waals surface area contributed by atoms with Crippen LogP contribution in [0.1, 0.15) is 59.4 Å². The van der Waals surface area contributed by atoms with Crippen molar-refractivity contribution in [2.75, 3.05) is 6.54 Å². The molecule has 0 fully saturated rings. The lowest BCUT2D eigenvalue weighted by Gasteiger charge is -2.38. The van der Waals surface area contributed by atoms with Crippen molar-refractivity contribution < 1.29 is 4.79 Å². The predicted molar refractivity (Wildman–Crippen MR) is 120 cm³/mol. The van der Waals surface area contributed by atoms with Gasteiger partial charge in [0.05, 0.1) is 6.04 Å². The van der Waals surface area contributed by atoms with Crippen molar-refractivity contribution >= 4 is 17.5 Å². The van der Waals surface area contributed by atoms with E-state index in [1.807, 2.05) is 47.4 Å². The van der Waals surface area contributed by atoms with Crippen LogP contribution in [0.25, 0.3) is 0 Å². The normalized spacial score (nSPS) is 16.4.